The van der Waals surface area contributed by atoms with Gasteiger partial charge >= 0.3 is 6.03 Å². The third-order valence-corrected chi connectivity index (χ3v) is 5.33. The summed E-state index contributed by atoms with van der Waals surface area (Å²) in [7, 11) is 1.69. The summed E-state index contributed by atoms with van der Waals surface area (Å²) in [5.74, 6) is -0.356. The van der Waals surface area contributed by atoms with Gasteiger partial charge in [-0.15, -0.1) is 11.3 Å². The molecule has 0 bridgehead atoms. The van der Waals surface area contributed by atoms with Crippen LogP contribution in [0.15, 0.2) is 36.4 Å². The van der Waals surface area contributed by atoms with Gasteiger partial charge in [-0.1, -0.05) is 29.8 Å². The SMILES string of the molecule is CN(Cc1ccc(Cl)s1)C(=O)Nc1ccccc1CN1C(=O)CCC1=O. The summed E-state index contributed by atoms with van der Waals surface area (Å²) >= 11 is 7.35. The molecule has 1 aliphatic heterocycles. The van der Waals surface area contributed by atoms with Crippen LogP contribution in [0, 0.1) is 0 Å². The van der Waals surface area contributed by atoms with E-state index in [9.17, 15) is 14.4 Å². The Labute approximate surface area is 160 Å². The molecule has 8 heteroatoms. The van der Waals surface area contributed by atoms with Gasteiger partial charge in [-0.3, -0.25) is 14.5 Å². The monoisotopic (exact) mass is 391 g/mol. The Balaban J connectivity index is 1.68. The van der Waals surface area contributed by atoms with Crippen molar-refractivity contribution in [3.8, 4) is 0 Å². The Kier molecular flexibility index (Phi) is 5.58. The van der Waals surface area contributed by atoms with E-state index in [1.54, 1.807) is 36.2 Å². The van der Waals surface area contributed by atoms with Crippen LogP contribution in [0.4, 0.5) is 10.5 Å². The van der Waals surface area contributed by atoms with E-state index in [0.29, 0.717) is 16.6 Å². The van der Waals surface area contributed by atoms with Gasteiger partial charge in [0.1, 0.15) is 0 Å². The van der Waals surface area contributed by atoms with Crippen molar-refractivity contribution < 1.29 is 14.4 Å². The summed E-state index contributed by atoms with van der Waals surface area (Å²) in [6, 6.07) is 10.6. The Hall–Kier alpha value is -2.38. The zero-order chi connectivity index (χ0) is 18.7. The van der Waals surface area contributed by atoms with Gasteiger partial charge in [0.25, 0.3) is 0 Å². The number of imide groups is 1. The number of anilines is 1. The van der Waals surface area contributed by atoms with Crippen molar-refractivity contribution in [3.63, 3.8) is 0 Å². The number of benzene rings is 1. The molecule has 2 aromatic rings. The van der Waals surface area contributed by atoms with Crippen LogP contribution < -0.4 is 5.32 Å². The first-order valence-corrected chi connectivity index (χ1v) is 9.31. The number of thiophene rings is 1. The van der Waals surface area contributed by atoms with Gasteiger partial charge in [0.05, 0.1) is 17.4 Å². The first-order chi connectivity index (χ1) is 12.4. The molecule has 1 N–H and O–H groups in total. The zero-order valence-corrected chi connectivity index (χ0v) is 15.8. The summed E-state index contributed by atoms with van der Waals surface area (Å²) in [4.78, 5) is 39.9. The normalized spacial score (nSPS) is 14.0. The average molecular weight is 392 g/mol. The summed E-state index contributed by atoms with van der Waals surface area (Å²) in [5, 5.41) is 2.85. The molecule has 3 rings (SSSR count). The van der Waals surface area contributed by atoms with Crippen molar-refractivity contribution in [1.82, 2.24) is 9.80 Å². The van der Waals surface area contributed by atoms with Crippen LogP contribution in [0.2, 0.25) is 4.34 Å². The minimum Gasteiger partial charge on any atom is -0.322 e. The number of halogens is 1. The molecule has 2 heterocycles. The standard InChI is InChI=1S/C18H18ClN3O3S/c1-21(11-13-6-7-15(19)26-13)18(25)20-14-5-3-2-4-12(14)10-22-16(23)8-9-17(22)24/h2-7H,8-11H2,1H3,(H,20,25). The van der Waals surface area contributed by atoms with Crippen LogP contribution in [0.5, 0.6) is 0 Å². The smallest absolute Gasteiger partial charge is 0.321 e. The fraction of sp³-hybridized carbons (Fsp3) is 0.278. The first kappa shape index (κ1) is 18.4. The maximum Gasteiger partial charge on any atom is 0.321 e. The van der Waals surface area contributed by atoms with Gasteiger partial charge in [0, 0.05) is 30.5 Å². The maximum atomic E-state index is 12.5. The largest absolute Gasteiger partial charge is 0.322 e. The fourth-order valence-corrected chi connectivity index (χ4v) is 3.84. The van der Waals surface area contributed by atoms with E-state index in [4.69, 9.17) is 11.6 Å². The molecule has 1 aromatic heterocycles. The molecule has 4 amide bonds. The molecule has 1 saturated heterocycles. The Morgan fingerprint density at radius 1 is 1.19 bits per heavy atom. The molecule has 1 fully saturated rings. The highest BCUT2D eigenvalue weighted by Gasteiger charge is 2.29. The highest BCUT2D eigenvalue weighted by molar-refractivity contribution is 7.16. The molecule has 0 saturated carbocycles. The highest BCUT2D eigenvalue weighted by atomic mass is 35.5. The first-order valence-electron chi connectivity index (χ1n) is 8.11. The second-order valence-corrected chi connectivity index (χ2v) is 7.82. The van der Waals surface area contributed by atoms with Crippen molar-refractivity contribution in [3.05, 3.63) is 51.2 Å². The molecule has 0 atom stereocenters. The van der Waals surface area contributed by atoms with Crippen molar-refractivity contribution in [2.75, 3.05) is 12.4 Å². The second kappa shape index (κ2) is 7.88. The summed E-state index contributed by atoms with van der Waals surface area (Å²) in [6.07, 6.45) is 0.499. The fourth-order valence-electron chi connectivity index (χ4n) is 2.70. The van der Waals surface area contributed by atoms with E-state index in [-0.39, 0.29) is 37.2 Å². The maximum absolute atomic E-state index is 12.5. The molecular weight excluding hydrogens is 374 g/mol. The average Bonchev–Trinajstić information content (AvgIpc) is 3.16. The second-order valence-electron chi connectivity index (χ2n) is 6.02. The topological polar surface area (TPSA) is 69.7 Å². The number of carbonyl (C=O) groups is 3. The van der Waals surface area contributed by atoms with E-state index in [0.717, 1.165) is 10.4 Å². The third kappa shape index (κ3) is 4.23. The molecule has 1 aliphatic rings. The summed E-state index contributed by atoms with van der Waals surface area (Å²) in [6.45, 7) is 0.604. The number of likely N-dealkylation sites (tertiary alicyclic amines) is 1. The van der Waals surface area contributed by atoms with Gasteiger partial charge in [-0.05, 0) is 23.8 Å². The van der Waals surface area contributed by atoms with Crippen LogP contribution in [0.25, 0.3) is 0 Å². The Morgan fingerprint density at radius 3 is 2.54 bits per heavy atom. The molecule has 0 radical (unpaired) electrons. The molecule has 0 aliphatic carbocycles. The predicted octanol–water partition coefficient (Wildman–Crippen LogP) is 3.71. The van der Waals surface area contributed by atoms with Crippen LogP contribution >= 0.6 is 22.9 Å². The van der Waals surface area contributed by atoms with Gasteiger partial charge < -0.3 is 10.2 Å². The van der Waals surface area contributed by atoms with Crippen LogP contribution in [0.1, 0.15) is 23.3 Å². The van der Waals surface area contributed by atoms with Crippen LogP contribution in [-0.4, -0.2) is 34.7 Å². The van der Waals surface area contributed by atoms with Crippen molar-refractivity contribution >= 4 is 46.5 Å². The predicted molar refractivity (Wildman–Crippen MR) is 101 cm³/mol. The number of nitrogens with zero attached hydrogens (tertiary/aromatic N) is 2. The quantitative estimate of drug-likeness (QED) is 0.790. The lowest BCUT2D eigenvalue weighted by Gasteiger charge is -2.20. The molecule has 1 aromatic carbocycles. The van der Waals surface area contributed by atoms with Gasteiger partial charge in [0.2, 0.25) is 11.8 Å². The molecule has 26 heavy (non-hydrogen) atoms. The number of rotatable bonds is 5. The lowest BCUT2D eigenvalue weighted by atomic mass is 10.1. The number of amides is 4. The number of hydrogen-bond donors (Lipinski definition) is 1. The number of urea groups is 1. The van der Waals surface area contributed by atoms with Crippen molar-refractivity contribution in [2.24, 2.45) is 0 Å². The van der Waals surface area contributed by atoms with Gasteiger partial charge in [0.15, 0.2) is 0 Å². The number of para-hydroxylation sites is 1. The minimum atomic E-state index is -0.277. The van der Waals surface area contributed by atoms with E-state index >= 15 is 0 Å². The number of nitrogens with one attached hydrogen (secondary N) is 1. The highest BCUT2D eigenvalue weighted by Crippen LogP contribution is 2.24. The minimum absolute atomic E-state index is 0.165. The van der Waals surface area contributed by atoms with E-state index in [1.807, 2.05) is 12.1 Å². The summed E-state index contributed by atoms with van der Waals surface area (Å²) < 4.78 is 0.680. The molecule has 0 unspecified atom stereocenters. The van der Waals surface area contributed by atoms with Gasteiger partial charge in [-0.2, -0.15) is 0 Å². The number of carbonyl (C=O) groups excluding carboxylic acids is 3. The van der Waals surface area contributed by atoms with Gasteiger partial charge in [-0.25, -0.2) is 4.79 Å². The third-order valence-electron chi connectivity index (χ3n) is 4.11. The zero-order valence-electron chi connectivity index (χ0n) is 14.2. The van der Waals surface area contributed by atoms with Crippen LogP contribution in [-0.2, 0) is 22.7 Å². The lowest BCUT2D eigenvalue weighted by Crippen LogP contribution is -2.32. The van der Waals surface area contributed by atoms with Crippen molar-refractivity contribution in [2.45, 2.75) is 25.9 Å². The van der Waals surface area contributed by atoms with Crippen molar-refractivity contribution in [1.29, 1.82) is 0 Å². The Bertz CT molecular complexity index is 836. The summed E-state index contributed by atoms with van der Waals surface area (Å²) in [5.41, 5.74) is 1.30. The molecular formula is C18H18ClN3O3S. The number of hydrogen-bond acceptors (Lipinski definition) is 4. The molecule has 6 nitrogen and oxygen atoms in total. The Morgan fingerprint density at radius 2 is 1.88 bits per heavy atom. The molecule has 136 valence electrons. The lowest BCUT2D eigenvalue weighted by molar-refractivity contribution is -0.139. The van der Waals surface area contributed by atoms with E-state index in [2.05, 4.69) is 5.32 Å². The van der Waals surface area contributed by atoms with Crippen LogP contribution in [0.3, 0.4) is 0 Å². The van der Waals surface area contributed by atoms with E-state index < -0.39 is 0 Å². The van der Waals surface area contributed by atoms with E-state index in [1.165, 1.54) is 16.2 Å². The molecule has 0 spiro atoms.